The third kappa shape index (κ3) is 8.34. The summed E-state index contributed by atoms with van der Waals surface area (Å²) in [6.45, 7) is 13.3. The van der Waals surface area contributed by atoms with Crippen molar-refractivity contribution in [3.8, 4) is 67.5 Å². The quantitative estimate of drug-likeness (QED) is 0.162. The number of aromatic nitrogens is 3. The Bertz CT molecular complexity index is 3330. The van der Waals surface area contributed by atoms with Crippen LogP contribution in [0.5, 0.6) is 5.75 Å². The van der Waals surface area contributed by atoms with Crippen LogP contribution in [0.25, 0.3) is 72.7 Å². The predicted octanol–water partition coefficient (Wildman–Crippen LogP) is 14.3. The van der Waals surface area contributed by atoms with Gasteiger partial charge in [-0.2, -0.15) is 0 Å². The van der Waals surface area contributed by atoms with E-state index in [0.717, 1.165) is 27.9 Å². The van der Waals surface area contributed by atoms with E-state index in [-0.39, 0.29) is 43.5 Å². The standard InChI is InChI=1S/C54H52N3O.Pt/c1-34(2)38-23-26-48(46(32-38)37-21-24-42(25-22-37)53(4,5)6)57-49-15-12-14-44(51(49)56-52(57)45-13-10-11-16-50(45)58)40-29-41(31-43(30-40)54(7,8)9)47-33-39(27-28-55-47)36-19-17-35(3)18-20-36;/h10-28,30-34,58H,1-9H3;/q-1;/i3D3,17D,18D,19D,20D,27D,28D,33D,34D;. The molecule has 0 spiro atoms. The van der Waals surface area contributed by atoms with Crippen LogP contribution in [0.1, 0.15) is 98.6 Å². The molecule has 0 amide bonds. The molecule has 0 aliphatic rings. The molecule has 1 N–H and O–H groups in total. The normalized spacial score (nSPS) is 14.9. The number of rotatable bonds is 7. The number of hydrogen-bond donors (Lipinski definition) is 1. The molecule has 300 valence electrons. The van der Waals surface area contributed by atoms with Gasteiger partial charge in [-0.1, -0.05) is 157 Å². The number of fused-ring (bicyclic) bond motifs is 1. The van der Waals surface area contributed by atoms with Gasteiger partial charge in [0, 0.05) is 44.0 Å². The number of benzene rings is 6. The molecule has 5 heteroatoms. The second-order valence-electron chi connectivity index (χ2n) is 16.9. The molecule has 2 heterocycles. The molecule has 6 aromatic carbocycles. The summed E-state index contributed by atoms with van der Waals surface area (Å²) in [7, 11) is 0. The third-order valence-electron chi connectivity index (χ3n) is 10.5. The summed E-state index contributed by atoms with van der Waals surface area (Å²) >= 11 is 0. The van der Waals surface area contributed by atoms with Crippen LogP contribution in [0.4, 0.5) is 0 Å². The summed E-state index contributed by atoms with van der Waals surface area (Å²) < 4.78 is 96.6. The molecule has 2 aromatic heterocycles. The zero-order valence-corrected chi connectivity index (χ0v) is 36.6. The van der Waals surface area contributed by atoms with Crippen molar-refractivity contribution in [1.29, 1.82) is 0 Å². The maximum absolute atomic E-state index is 11.5. The van der Waals surface area contributed by atoms with Crippen LogP contribution < -0.4 is 0 Å². The SMILES string of the molecule is [2H]c1nc(-c2[c-]c(-c3cccc4c3nc(-c3ccccc3O)n4-c3ccc(C([2H])(C)C)cc3-c3ccc(C(C)(C)C)cc3)cc(C(C)(C)C)c2)c([2H])c(-c2c([2H])c([2H])c(C([2H])([2H])[2H])c([2H])c2[2H])c1[2H].[Pt]. The average molecular weight is 965 g/mol. The van der Waals surface area contributed by atoms with Gasteiger partial charge in [-0.15, -0.1) is 29.3 Å². The first-order valence-corrected chi connectivity index (χ1v) is 19.3. The summed E-state index contributed by atoms with van der Waals surface area (Å²) in [5.74, 6) is -0.456. The van der Waals surface area contributed by atoms with Crippen molar-refractivity contribution in [2.75, 3.05) is 0 Å². The fourth-order valence-electron chi connectivity index (χ4n) is 7.11. The van der Waals surface area contributed by atoms with Gasteiger partial charge in [-0.25, -0.2) is 4.98 Å². The molecule has 0 radical (unpaired) electrons. The number of phenolic OH excluding ortho intramolecular Hbond substituents is 1. The molecule has 0 saturated heterocycles. The maximum atomic E-state index is 11.5. The molecule has 0 aliphatic carbocycles. The molecular formula is C54H52N3OPt-. The number of hydrogen-bond acceptors (Lipinski definition) is 3. The maximum Gasteiger partial charge on any atom is 0.148 e. The first-order chi connectivity index (χ1) is 32.1. The molecule has 59 heavy (non-hydrogen) atoms. The van der Waals surface area contributed by atoms with Gasteiger partial charge in [0.25, 0.3) is 0 Å². The van der Waals surface area contributed by atoms with E-state index < -0.39 is 77.3 Å². The smallest absolute Gasteiger partial charge is 0.148 e. The average Bonchev–Trinajstić information content (AvgIpc) is 3.66. The zero-order valence-electron chi connectivity index (χ0n) is 45.3. The number of para-hydroxylation sites is 2. The molecule has 0 atom stereocenters. The molecule has 0 unspecified atom stereocenters. The van der Waals surface area contributed by atoms with E-state index in [4.69, 9.17) is 18.7 Å². The Balaban J connectivity index is 0.00000722. The first-order valence-electron chi connectivity index (χ1n) is 24.8. The number of aromatic hydroxyl groups is 1. The summed E-state index contributed by atoms with van der Waals surface area (Å²) in [6, 6.07) is 30.1. The number of phenols is 1. The molecule has 0 bridgehead atoms. The van der Waals surface area contributed by atoms with Crippen molar-refractivity contribution in [3.63, 3.8) is 0 Å². The summed E-state index contributed by atoms with van der Waals surface area (Å²) in [6.07, 6.45) is -0.597. The van der Waals surface area contributed by atoms with Crippen LogP contribution in [0, 0.1) is 12.9 Å². The van der Waals surface area contributed by atoms with E-state index in [2.05, 4.69) is 56.1 Å². The van der Waals surface area contributed by atoms with Crippen LogP contribution >= 0.6 is 0 Å². The van der Waals surface area contributed by atoms with Crippen molar-refractivity contribution in [2.24, 2.45) is 0 Å². The Morgan fingerprint density at radius 2 is 1.41 bits per heavy atom. The van der Waals surface area contributed by atoms with Crippen molar-refractivity contribution in [2.45, 2.75) is 79.0 Å². The van der Waals surface area contributed by atoms with Crippen molar-refractivity contribution in [1.82, 2.24) is 14.5 Å². The molecule has 0 aliphatic heterocycles. The monoisotopic (exact) mass is 964 g/mol. The molecule has 8 rings (SSSR count). The Morgan fingerprint density at radius 1 is 0.712 bits per heavy atom. The Morgan fingerprint density at radius 3 is 2.08 bits per heavy atom. The number of imidazole rings is 1. The van der Waals surface area contributed by atoms with Crippen molar-refractivity contribution < 1.29 is 41.3 Å². The van der Waals surface area contributed by atoms with Crippen LogP contribution in [-0.2, 0) is 31.9 Å². The minimum atomic E-state index is -2.97. The zero-order chi connectivity index (χ0) is 50.4. The summed E-state index contributed by atoms with van der Waals surface area (Å²) in [5, 5.41) is 11.5. The van der Waals surface area contributed by atoms with Gasteiger partial charge >= 0.3 is 0 Å². The summed E-state index contributed by atoms with van der Waals surface area (Å²) in [5.41, 5.74) is 6.06. The molecule has 0 fully saturated rings. The van der Waals surface area contributed by atoms with Gasteiger partial charge in [0.2, 0.25) is 0 Å². The molecule has 4 nitrogen and oxygen atoms in total. The minimum Gasteiger partial charge on any atom is -0.507 e. The van der Waals surface area contributed by atoms with Gasteiger partial charge in [-0.3, -0.25) is 9.55 Å². The minimum absolute atomic E-state index is 0. The van der Waals surface area contributed by atoms with E-state index in [1.807, 2.05) is 87.7 Å². The topological polar surface area (TPSA) is 50.9 Å². The van der Waals surface area contributed by atoms with Gasteiger partial charge in [-0.05, 0) is 87.8 Å². The Kier molecular flexibility index (Phi) is 8.15. The Labute approximate surface area is 379 Å². The second-order valence-corrected chi connectivity index (χ2v) is 16.9. The van der Waals surface area contributed by atoms with Gasteiger partial charge < -0.3 is 5.11 Å². The predicted molar refractivity (Wildman–Crippen MR) is 243 cm³/mol. The number of pyridine rings is 1. The van der Waals surface area contributed by atoms with Crippen LogP contribution in [-0.4, -0.2) is 19.6 Å². The van der Waals surface area contributed by atoms with Crippen LogP contribution in [0.3, 0.4) is 0 Å². The summed E-state index contributed by atoms with van der Waals surface area (Å²) in [4.78, 5) is 9.71. The molecule has 8 aromatic rings. The van der Waals surface area contributed by atoms with E-state index in [9.17, 15) is 6.48 Å². The van der Waals surface area contributed by atoms with Gasteiger partial charge in [0.15, 0.2) is 0 Å². The second kappa shape index (κ2) is 16.2. The fourth-order valence-corrected chi connectivity index (χ4v) is 7.11. The molecular weight excluding hydrogens is 902 g/mol. The van der Waals surface area contributed by atoms with Crippen LogP contribution in [0.15, 0.2) is 139 Å². The largest absolute Gasteiger partial charge is 0.507 e. The fraction of sp³-hybridized carbons (Fsp3) is 0.222. The van der Waals surface area contributed by atoms with E-state index >= 15 is 0 Å². The Hall–Kier alpha value is -5.57. The van der Waals surface area contributed by atoms with E-state index in [1.54, 1.807) is 24.3 Å². The van der Waals surface area contributed by atoms with E-state index in [0.29, 0.717) is 33.5 Å². The molecule has 0 saturated carbocycles. The van der Waals surface area contributed by atoms with Gasteiger partial charge in [0.05, 0.1) is 31.9 Å². The van der Waals surface area contributed by atoms with Crippen molar-refractivity contribution in [3.05, 3.63) is 168 Å². The van der Waals surface area contributed by atoms with E-state index in [1.165, 1.54) is 5.56 Å². The third-order valence-corrected chi connectivity index (χ3v) is 10.5. The van der Waals surface area contributed by atoms with Crippen molar-refractivity contribution >= 4 is 11.0 Å². The number of nitrogens with zero attached hydrogens (tertiary/aromatic N) is 3. The van der Waals surface area contributed by atoms with Gasteiger partial charge in [0.1, 0.15) is 11.6 Å². The first kappa shape index (κ1) is 29.6. The van der Waals surface area contributed by atoms with Crippen LogP contribution in [0.2, 0.25) is 0 Å².